The van der Waals surface area contributed by atoms with Gasteiger partial charge in [0.2, 0.25) is 0 Å². The zero-order valence-corrected chi connectivity index (χ0v) is 13.0. The van der Waals surface area contributed by atoms with E-state index in [1.165, 1.54) is 18.4 Å². The van der Waals surface area contributed by atoms with E-state index in [4.69, 9.17) is 0 Å². The van der Waals surface area contributed by atoms with Crippen LogP contribution in [0.1, 0.15) is 18.4 Å². The molecular weight excluding hydrogens is 316 g/mol. The van der Waals surface area contributed by atoms with E-state index in [1.807, 2.05) is 6.07 Å². The number of halogens is 1. The van der Waals surface area contributed by atoms with Crippen LogP contribution in [0.15, 0.2) is 35.1 Å². The highest BCUT2D eigenvalue weighted by Crippen LogP contribution is 2.24. The minimum atomic E-state index is 0.831. The monoisotopic (exact) mass is 332 g/mol. The Bertz CT molecular complexity index is 609. The molecule has 0 radical (unpaired) electrons. The topological polar surface area (TPSA) is 41.0 Å². The largest absolute Gasteiger partial charge is 0.356 e. The fourth-order valence-electron chi connectivity index (χ4n) is 2.35. The van der Waals surface area contributed by atoms with Crippen LogP contribution in [0.4, 0.5) is 17.3 Å². The molecule has 0 spiro atoms. The zero-order chi connectivity index (χ0) is 13.9. The first-order chi connectivity index (χ1) is 9.72. The smallest absolute Gasteiger partial charge is 0.135 e. The van der Waals surface area contributed by atoms with Gasteiger partial charge >= 0.3 is 0 Å². The molecule has 1 N–H and O–H groups in total. The Hall–Kier alpha value is -1.62. The Balaban J connectivity index is 1.79. The van der Waals surface area contributed by atoms with Gasteiger partial charge in [0.1, 0.15) is 18.0 Å². The second-order valence-corrected chi connectivity index (χ2v) is 5.90. The molecule has 2 heterocycles. The number of benzene rings is 1. The summed E-state index contributed by atoms with van der Waals surface area (Å²) < 4.78 is 1.09. The lowest BCUT2D eigenvalue weighted by molar-refractivity contribution is 0.928. The molecule has 0 saturated carbocycles. The van der Waals surface area contributed by atoms with Gasteiger partial charge in [-0.3, -0.25) is 0 Å². The Morgan fingerprint density at radius 1 is 1.15 bits per heavy atom. The molecule has 4 nitrogen and oxygen atoms in total. The molecule has 2 aromatic rings. The number of anilines is 3. The van der Waals surface area contributed by atoms with Crippen molar-refractivity contribution in [2.24, 2.45) is 0 Å². The highest BCUT2D eigenvalue weighted by molar-refractivity contribution is 9.10. The summed E-state index contributed by atoms with van der Waals surface area (Å²) >= 11 is 3.55. The van der Waals surface area contributed by atoms with Crippen molar-refractivity contribution in [2.75, 3.05) is 23.3 Å². The van der Waals surface area contributed by atoms with E-state index < -0.39 is 0 Å². The van der Waals surface area contributed by atoms with Crippen LogP contribution >= 0.6 is 15.9 Å². The number of aryl methyl sites for hydroxylation is 1. The maximum absolute atomic E-state index is 4.36. The molecule has 0 atom stereocenters. The summed E-state index contributed by atoms with van der Waals surface area (Å²) in [7, 11) is 0. The third kappa shape index (κ3) is 2.93. The van der Waals surface area contributed by atoms with Crippen LogP contribution in [-0.4, -0.2) is 23.1 Å². The summed E-state index contributed by atoms with van der Waals surface area (Å²) in [6.45, 7) is 4.25. The molecule has 3 rings (SSSR count). The van der Waals surface area contributed by atoms with E-state index in [1.54, 1.807) is 6.33 Å². The van der Waals surface area contributed by atoms with Crippen molar-refractivity contribution in [3.05, 3.63) is 40.6 Å². The minimum Gasteiger partial charge on any atom is -0.356 e. The quantitative estimate of drug-likeness (QED) is 0.925. The van der Waals surface area contributed by atoms with Gasteiger partial charge in [0, 0.05) is 29.3 Å². The van der Waals surface area contributed by atoms with Crippen LogP contribution in [0.3, 0.4) is 0 Å². The maximum Gasteiger partial charge on any atom is 0.135 e. The molecule has 1 aliphatic heterocycles. The number of hydrogen-bond donors (Lipinski definition) is 1. The van der Waals surface area contributed by atoms with Crippen molar-refractivity contribution in [2.45, 2.75) is 19.8 Å². The normalized spacial score (nSPS) is 14.6. The lowest BCUT2D eigenvalue weighted by atomic mass is 10.2. The van der Waals surface area contributed by atoms with Crippen molar-refractivity contribution < 1.29 is 0 Å². The Labute approximate surface area is 127 Å². The van der Waals surface area contributed by atoms with Gasteiger partial charge < -0.3 is 10.2 Å². The average molecular weight is 333 g/mol. The molecule has 1 aromatic heterocycles. The van der Waals surface area contributed by atoms with Gasteiger partial charge in [-0.2, -0.15) is 0 Å². The summed E-state index contributed by atoms with van der Waals surface area (Å²) in [6.07, 6.45) is 4.12. The standard InChI is InChI=1S/C15H17BrN4/c1-11-4-5-12(8-13(11)16)19-14-9-15(18-10-17-14)20-6-2-3-7-20/h4-5,8-10H,2-3,6-7H2,1H3,(H,17,18,19). The lowest BCUT2D eigenvalue weighted by Crippen LogP contribution is -2.19. The fourth-order valence-corrected chi connectivity index (χ4v) is 2.73. The highest BCUT2D eigenvalue weighted by Gasteiger charge is 2.14. The van der Waals surface area contributed by atoms with Crippen LogP contribution in [0, 0.1) is 6.92 Å². The summed E-state index contributed by atoms with van der Waals surface area (Å²) in [5.41, 5.74) is 2.24. The zero-order valence-electron chi connectivity index (χ0n) is 11.4. The van der Waals surface area contributed by atoms with E-state index in [0.29, 0.717) is 0 Å². The minimum absolute atomic E-state index is 0.831. The van der Waals surface area contributed by atoms with Gasteiger partial charge in [-0.15, -0.1) is 0 Å². The molecular formula is C15H17BrN4. The second kappa shape index (κ2) is 5.79. The van der Waals surface area contributed by atoms with Gasteiger partial charge in [0.25, 0.3) is 0 Å². The van der Waals surface area contributed by atoms with Crippen LogP contribution in [0.2, 0.25) is 0 Å². The molecule has 1 saturated heterocycles. The van der Waals surface area contributed by atoms with Crippen molar-refractivity contribution >= 4 is 33.3 Å². The molecule has 0 amide bonds. The number of nitrogens with one attached hydrogen (secondary N) is 1. The molecule has 0 unspecified atom stereocenters. The van der Waals surface area contributed by atoms with Crippen LogP contribution in [0.25, 0.3) is 0 Å². The predicted octanol–water partition coefficient (Wildman–Crippen LogP) is 3.89. The van der Waals surface area contributed by atoms with Crippen LogP contribution < -0.4 is 10.2 Å². The summed E-state index contributed by atoms with van der Waals surface area (Å²) in [5.74, 6) is 1.84. The number of aromatic nitrogens is 2. The average Bonchev–Trinajstić information content (AvgIpc) is 2.97. The summed E-state index contributed by atoms with van der Waals surface area (Å²) in [6, 6.07) is 8.21. The van der Waals surface area contributed by atoms with E-state index in [0.717, 1.165) is 34.9 Å². The van der Waals surface area contributed by atoms with Crippen LogP contribution in [0.5, 0.6) is 0 Å². The summed E-state index contributed by atoms with van der Waals surface area (Å²) in [5, 5.41) is 3.33. The molecule has 104 valence electrons. The Morgan fingerprint density at radius 2 is 1.95 bits per heavy atom. The third-order valence-corrected chi connectivity index (χ3v) is 4.38. The Kier molecular flexibility index (Phi) is 3.87. The highest BCUT2D eigenvalue weighted by atomic mass is 79.9. The van der Waals surface area contributed by atoms with Gasteiger partial charge in [-0.1, -0.05) is 22.0 Å². The first-order valence-corrected chi connectivity index (χ1v) is 7.62. The fraction of sp³-hybridized carbons (Fsp3) is 0.333. The maximum atomic E-state index is 4.36. The van der Waals surface area contributed by atoms with Crippen molar-refractivity contribution in [1.29, 1.82) is 0 Å². The van der Waals surface area contributed by atoms with Gasteiger partial charge in [-0.25, -0.2) is 9.97 Å². The van der Waals surface area contributed by atoms with Crippen LogP contribution in [-0.2, 0) is 0 Å². The molecule has 1 aliphatic rings. The number of hydrogen-bond acceptors (Lipinski definition) is 4. The van der Waals surface area contributed by atoms with Crippen molar-refractivity contribution in [3.8, 4) is 0 Å². The molecule has 1 aromatic carbocycles. The molecule has 0 bridgehead atoms. The third-order valence-electron chi connectivity index (χ3n) is 3.53. The van der Waals surface area contributed by atoms with Gasteiger partial charge in [-0.05, 0) is 37.5 Å². The van der Waals surface area contributed by atoms with Gasteiger partial charge in [0.05, 0.1) is 0 Å². The van der Waals surface area contributed by atoms with Gasteiger partial charge in [0.15, 0.2) is 0 Å². The first kappa shape index (κ1) is 13.4. The lowest BCUT2D eigenvalue weighted by Gasteiger charge is -2.16. The molecule has 1 fully saturated rings. The van der Waals surface area contributed by atoms with Crippen molar-refractivity contribution in [3.63, 3.8) is 0 Å². The number of nitrogens with zero attached hydrogens (tertiary/aromatic N) is 3. The second-order valence-electron chi connectivity index (χ2n) is 5.04. The molecule has 5 heteroatoms. The van der Waals surface area contributed by atoms with E-state index >= 15 is 0 Å². The SMILES string of the molecule is Cc1ccc(Nc2cc(N3CCCC3)ncn2)cc1Br. The predicted molar refractivity (Wildman–Crippen MR) is 85.6 cm³/mol. The Morgan fingerprint density at radius 3 is 2.70 bits per heavy atom. The van der Waals surface area contributed by atoms with E-state index in [9.17, 15) is 0 Å². The first-order valence-electron chi connectivity index (χ1n) is 6.82. The molecule has 20 heavy (non-hydrogen) atoms. The van der Waals surface area contributed by atoms with Crippen molar-refractivity contribution in [1.82, 2.24) is 9.97 Å². The van der Waals surface area contributed by atoms with E-state index in [2.05, 4.69) is 61.2 Å². The van der Waals surface area contributed by atoms with E-state index in [-0.39, 0.29) is 0 Å². The number of rotatable bonds is 3. The summed E-state index contributed by atoms with van der Waals surface area (Å²) in [4.78, 5) is 11.0. The molecule has 0 aliphatic carbocycles.